The third-order valence-corrected chi connectivity index (χ3v) is 9.62. The minimum atomic E-state index is -3.57. The third-order valence-electron chi connectivity index (χ3n) is 8.44. The minimum Gasteiger partial charge on any atom is -0.352 e. The molecule has 2 amide bonds. The number of hydrogen-bond donors (Lipinski definition) is 1. The maximum absolute atomic E-state index is 14.1. The van der Waals surface area contributed by atoms with Crippen molar-refractivity contribution in [3.8, 4) is 0 Å². The van der Waals surface area contributed by atoms with Gasteiger partial charge in [0.25, 0.3) is 0 Å². The SMILES string of the molecule is Cc1cccc(CN(C(=O)CCCN(c2cc(C)ccc2C)S(C)(=O)=O)C(Cc2ccccc2)C(=O)NC2CCCCC2)c1. The van der Waals surface area contributed by atoms with Gasteiger partial charge < -0.3 is 10.2 Å². The molecule has 1 aliphatic carbocycles. The molecule has 0 bridgehead atoms. The Hall–Kier alpha value is -3.65. The fourth-order valence-electron chi connectivity index (χ4n) is 6.08. The van der Waals surface area contributed by atoms with Crippen LogP contribution >= 0.6 is 0 Å². The van der Waals surface area contributed by atoms with Crippen molar-refractivity contribution in [3.63, 3.8) is 0 Å². The lowest BCUT2D eigenvalue weighted by Crippen LogP contribution is -2.53. The molecule has 7 nitrogen and oxygen atoms in total. The Morgan fingerprint density at radius 3 is 2.23 bits per heavy atom. The van der Waals surface area contributed by atoms with Crippen LogP contribution < -0.4 is 9.62 Å². The Bertz CT molecular complexity index is 1520. The highest BCUT2D eigenvalue weighted by molar-refractivity contribution is 7.92. The number of nitrogens with one attached hydrogen (secondary N) is 1. The average Bonchev–Trinajstić information content (AvgIpc) is 2.99. The number of rotatable bonds is 13. The Morgan fingerprint density at radius 1 is 0.864 bits per heavy atom. The molecule has 0 heterocycles. The summed E-state index contributed by atoms with van der Waals surface area (Å²) in [4.78, 5) is 29.8. The molecule has 236 valence electrons. The van der Waals surface area contributed by atoms with Gasteiger partial charge in [-0.15, -0.1) is 0 Å². The van der Waals surface area contributed by atoms with Crippen LogP contribution in [0.25, 0.3) is 0 Å². The van der Waals surface area contributed by atoms with Gasteiger partial charge in [-0.3, -0.25) is 13.9 Å². The summed E-state index contributed by atoms with van der Waals surface area (Å²) >= 11 is 0. The molecule has 1 atom stereocenters. The second-order valence-electron chi connectivity index (χ2n) is 12.3. The highest BCUT2D eigenvalue weighted by Crippen LogP contribution is 2.25. The van der Waals surface area contributed by atoms with Crippen LogP contribution in [0.3, 0.4) is 0 Å². The summed E-state index contributed by atoms with van der Waals surface area (Å²) in [7, 11) is -3.57. The van der Waals surface area contributed by atoms with Crippen molar-refractivity contribution in [1.29, 1.82) is 0 Å². The van der Waals surface area contributed by atoms with Gasteiger partial charge in [-0.05, 0) is 68.4 Å². The molecule has 3 aromatic carbocycles. The second-order valence-corrected chi connectivity index (χ2v) is 14.2. The summed E-state index contributed by atoms with van der Waals surface area (Å²) in [6.45, 7) is 6.30. The molecule has 0 saturated heterocycles. The monoisotopic (exact) mass is 617 g/mol. The van der Waals surface area contributed by atoms with E-state index in [0.717, 1.165) is 53.5 Å². The fourth-order valence-corrected chi connectivity index (χ4v) is 7.09. The van der Waals surface area contributed by atoms with Crippen LogP contribution in [0.2, 0.25) is 0 Å². The summed E-state index contributed by atoms with van der Waals surface area (Å²) in [5.41, 5.74) is 5.47. The summed E-state index contributed by atoms with van der Waals surface area (Å²) < 4.78 is 27.1. The highest BCUT2D eigenvalue weighted by Gasteiger charge is 2.32. The number of aryl methyl sites for hydroxylation is 3. The molecule has 8 heteroatoms. The zero-order chi connectivity index (χ0) is 31.7. The van der Waals surface area contributed by atoms with Crippen molar-refractivity contribution in [2.75, 3.05) is 17.1 Å². The van der Waals surface area contributed by atoms with Crippen molar-refractivity contribution < 1.29 is 18.0 Å². The normalized spacial score (nSPS) is 14.5. The molecule has 3 aromatic rings. The van der Waals surface area contributed by atoms with Crippen LogP contribution in [0.15, 0.2) is 72.8 Å². The average molecular weight is 618 g/mol. The molecule has 44 heavy (non-hydrogen) atoms. The molecule has 0 aliphatic heterocycles. The molecular formula is C36H47N3O4S. The first kappa shape index (κ1) is 33.2. The molecule has 1 aliphatic rings. The van der Waals surface area contributed by atoms with Crippen molar-refractivity contribution >= 4 is 27.5 Å². The van der Waals surface area contributed by atoms with Gasteiger partial charge in [0.15, 0.2) is 0 Å². The van der Waals surface area contributed by atoms with E-state index in [1.54, 1.807) is 4.90 Å². The van der Waals surface area contributed by atoms with Gasteiger partial charge in [0.2, 0.25) is 21.8 Å². The van der Waals surface area contributed by atoms with Crippen LogP contribution in [0.5, 0.6) is 0 Å². The van der Waals surface area contributed by atoms with Crippen molar-refractivity contribution in [2.45, 2.75) is 90.8 Å². The van der Waals surface area contributed by atoms with Crippen molar-refractivity contribution in [1.82, 2.24) is 10.2 Å². The third kappa shape index (κ3) is 9.42. The topological polar surface area (TPSA) is 86.8 Å². The quantitative estimate of drug-likeness (QED) is 0.246. The Balaban J connectivity index is 1.60. The van der Waals surface area contributed by atoms with Gasteiger partial charge in [0.1, 0.15) is 6.04 Å². The number of benzene rings is 3. The number of hydrogen-bond acceptors (Lipinski definition) is 4. The van der Waals surface area contributed by atoms with Gasteiger partial charge in [-0.1, -0.05) is 91.6 Å². The Labute approximate surface area is 263 Å². The first-order valence-corrected chi connectivity index (χ1v) is 17.6. The number of amides is 2. The van der Waals surface area contributed by atoms with Gasteiger partial charge in [0.05, 0.1) is 11.9 Å². The molecule has 1 saturated carbocycles. The standard InChI is InChI=1S/C36H47N3O4S/c1-27-13-11-16-31(23-27)26-38(34(25-30-14-7-5-8-15-30)36(41)37-32-17-9-6-10-18-32)35(40)19-12-22-39(44(4,42)43)33-24-28(2)20-21-29(33)3/h5,7-8,11,13-16,20-21,23-24,32,34H,6,9-10,12,17-19,22,25-26H2,1-4H3,(H,37,41). The number of carbonyl (C=O) groups excluding carboxylic acids is 2. The van der Waals surface area contributed by atoms with E-state index >= 15 is 0 Å². The van der Waals surface area contributed by atoms with E-state index in [1.807, 2.05) is 93.6 Å². The number of carbonyl (C=O) groups is 2. The second kappa shape index (κ2) is 15.4. The molecule has 1 fully saturated rings. The zero-order valence-electron chi connectivity index (χ0n) is 26.6. The van der Waals surface area contributed by atoms with Crippen molar-refractivity contribution in [3.05, 3.63) is 101 Å². The van der Waals surface area contributed by atoms with Crippen LogP contribution in [-0.2, 0) is 32.6 Å². The first-order valence-electron chi connectivity index (χ1n) is 15.8. The van der Waals surface area contributed by atoms with Crippen molar-refractivity contribution in [2.24, 2.45) is 0 Å². The summed E-state index contributed by atoms with van der Waals surface area (Å²) in [5.74, 6) is -0.296. The van der Waals surface area contributed by atoms with Crippen LogP contribution in [0.4, 0.5) is 5.69 Å². The zero-order valence-corrected chi connectivity index (χ0v) is 27.4. The summed E-state index contributed by atoms with van der Waals surface area (Å²) in [6, 6.07) is 23.0. The van der Waals surface area contributed by atoms with E-state index in [-0.39, 0.29) is 30.8 Å². The lowest BCUT2D eigenvalue weighted by atomic mass is 9.94. The highest BCUT2D eigenvalue weighted by atomic mass is 32.2. The number of anilines is 1. The van der Waals surface area contributed by atoms with Crippen LogP contribution in [0, 0.1) is 20.8 Å². The number of nitrogens with zero attached hydrogens (tertiary/aromatic N) is 2. The Kier molecular flexibility index (Phi) is 11.6. The van der Waals surface area contributed by atoms with Crippen LogP contribution in [-0.4, -0.2) is 50.0 Å². The fraction of sp³-hybridized carbons (Fsp3) is 0.444. The maximum atomic E-state index is 14.1. The van der Waals surface area contributed by atoms with Gasteiger partial charge >= 0.3 is 0 Å². The van der Waals surface area contributed by atoms with Crippen LogP contribution in [0.1, 0.15) is 72.8 Å². The maximum Gasteiger partial charge on any atom is 0.243 e. The van der Waals surface area contributed by atoms with E-state index in [4.69, 9.17) is 0 Å². The van der Waals surface area contributed by atoms with E-state index in [0.29, 0.717) is 25.1 Å². The summed E-state index contributed by atoms with van der Waals surface area (Å²) in [6.07, 6.45) is 7.32. The number of sulfonamides is 1. The molecule has 1 unspecified atom stereocenters. The van der Waals surface area contributed by atoms with E-state index in [9.17, 15) is 18.0 Å². The van der Waals surface area contributed by atoms with Gasteiger partial charge in [-0.2, -0.15) is 0 Å². The molecule has 4 rings (SSSR count). The largest absolute Gasteiger partial charge is 0.352 e. The predicted octanol–water partition coefficient (Wildman–Crippen LogP) is 6.25. The molecule has 0 spiro atoms. The van der Waals surface area contributed by atoms with E-state index < -0.39 is 16.1 Å². The smallest absolute Gasteiger partial charge is 0.243 e. The first-order chi connectivity index (χ1) is 21.0. The minimum absolute atomic E-state index is 0.116. The Morgan fingerprint density at radius 2 is 1.55 bits per heavy atom. The van der Waals surface area contributed by atoms with Gasteiger partial charge in [-0.25, -0.2) is 8.42 Å². The molecule has 0 aromatic heterocycles. The predicted molar refractivity (Wildman–Crippen MR) is 178 cm³/mol. The lowest BCUT2D eigenvalue weighted by Gasteiger charge is -2.34. The van der Waals surface area contributed by atoms with Gasteiger partial charge in [0, 0.05) is 32.0 Å². The summed E-state index contributed by atoms with van der Waals surface area (Å²) in [5, 5.41) is 3.28. The van der Waals surface area contributed by atoms with E-state index in [1.165, 1.54) is 17.0 Å². The molecule has 0 radical (unpaired) electrons. The molecular weight excluding hydrogens is 570 g/mol. The molecule has 1 N–H and O–H groups in total. The lowest BCUT2D eigenvalue weighted by molar-refractivity contribution is -0.141. The van der Waals surface area contributed by atoms with E-state index in [2.05, 4.69) is 5.32 Å².